The molecule has 1 aromatic heterocycles. The minimum atomic E-state index is -0.0183. The summed E-state index contributed by atoms with van der Waals surface area (Å²) in [6.45, 7) is 4.42. The molecule has 0 fully saturated rings. The first-order valence-electron chi connectivity index (χ1n) is 8.81. The maximum absolute atomic E-state index is 12.9. The third-order valence-electron chi connectivity index (χ3n) is 4.18. The molecule has 3 aromatic rings. The summed E-state index contributed by atoms with van der Waals surface area (Å²) in [5.74, 6) is 0.263. The molecule has 0 aliphatic heterocycles. The molecule has 1 heterocycles. The van der Waals surface area contributed by atoms with Crippen molar-refractivity contribution in [1.29, 1.82) is 5.26 Å². The first-order valence-corrected chi connectivity index (χ1v) is 9.79. The van der Waals surface area contributed by atoms with E-state index in [4.69, 9.17) is 5.26 Å². The molecule has 4 nitrogen and oxygen atoms in total. The number of thioether (sulfide) groups is 1. The van der Waals surface area contributed by atoms with Gasteiger partial charge in [-0.25, -0.2) is 4.98 Å². The zero-order chi connectivity index (χ0) is 19.2. The zero-order valence-corrected chi connectivity index (χ0v) is 16.3. The third kappa shape index (κ3) is 4.87. The summed E-state index contributed by atoms with van der Waals surface area (Å²) in [5, 5.41) is 10.9. The number of aryl methyl sites for hydroxylation is 2. The Hall–Kier alpha value is -2.84. The van der Waals surface area contributed by atoms with Crippen LogP contribution >= 0.6 is 11.8 Å². The molecule has 0 unspecified atom stereocenters. The number of benzene rings is 2. The number of fused-ring (bicyclic) bond motifs is 1. The van der Waals surface area contributed by atoms with Gasteiger partial charge in [-0.3, -0.25) is 4.79 Å². The van der Waals surface area contributed by atoms with Crippen LogP contribution < -0.4 is 4.90 Å². The molecular weight excluding hydrogens is 354 g/mol. The lowest BCUT2D eigenvalue weighted by molar-refractivity contribution is -0.116. The van der Waals surface area contributed by atoms with Crippen molar-refractivity contribution in [2.75, 3.05) is 17.2 Å². The average molecular weight is 375 g/mol. The van der Waals surface area contributed by atoms with Crippen LogP contribution in [0.4, 0.5) is 5.69 Å². The second-order valence-corrected chi connectivity index (χ2v) is 7.43. The normalized spacial score (nSPS) is 10.6. The van der Waals surface area contributed by atoms with Gasteiger partial charge in [-0.2, -0.15) is 5.26 Å². The van der Waals surface area contributed by atoms with Crippen LogP contribution in [0, 0.1) is 25.2 Å². The van der Waals surface area contributed by atoms with Gasteiger partial charge < -0.3 is 4.90 Å². The maximum atomic E-state index is 12.9. The van der Waals surface area contributed by atoms with Crippen LogP contribution in [0.15, 0.2) is 59.6 Å². The van der Waals surface area contributed by atoms with E-state index in [1.807, 2.05) is 62.4 Å². The van der Waals surface area contributed by atoms with E-state index in [-0.39, 0.29) is 11.7 Å². The van der Waals surface area contributed by atoms with Gasteiger partial charge >= 0.3 is 0 Å². The Balaban J connectivity index is 1.76. The number of carbonyl (C=O) groups excluding carboxylic acids is 1. The van der Waals surface area contributed by atoms with Gasteiger partial charge in [-0.15, -0.1) is 0 Å². The van der Waals surface area contributed by atoms with Gasteiger partial charge in [0.25, 0.3) is 0 Å². The molecule has 0 spiro atoms. The van der Waals surface area contributed by atoms with Crippen LogP contribution in [-0.2, 0) is 4.79 Å². The number of hydrogen-bond donors (Lipinski definition) is 0. The molecule has 27 heavy (non-hydrogen) atoms. The lowest BCUT2D eigenvalue weighted by Crippen LogP contribution is -2.33. The van der Waals surface area contributed by atoms with Gasteiger partial charge in [0.1, 0.15) is 0 Å². The predicted molar refractivity (Wildman–Crippen MR) is 111 cm³/mol. The number of aromatic nitrogens is 1. The van der Waals surface area contributed by atoms with Gasteiger partial charge in [0.2, 0.25) is 5.91 Å². The Morgan fingerprint density at radius 1 is 1.11 bits per heavy atom. The second kappa shape index (κ2) is 8.70. The van der Waals surface area contributed by atoms with Crippen molar-refractivity contribution in [3.8, 4) is 6.07 Å². The van der Waals surface area contributed by atoms with E-state index < -0.39 is 0 Å². The molecular formula is C22H21N3OS. The third-order valence-corrected chi connectivity index (χ3v) is 5.10. The maximum Gasteiger partial charge on any atom is 0.237 e. The number of anilines is 1. The Morgan fingerprint density at radius 2 is 1.85 bits per heavy atom. The van der Waals surface area contributed by atoms with Crippen LogP contribution in [0.25, 0.3) is 10.9 Å². The Labute approximate surface area is 163 Å². The van der Waals surface area contributed by atoms with E-state index in [9.17, 15) is 4.79 Å². The number of pyridine rings is 1. The van der Waals surface area contributed by atoms with Crippen LogP contribution in [-0.4, -0.2) is 23.2 Å². The summed E-state index contributed by atoms with van der Waals surface area (Å²) in [6.07, 6.45) is 0.303. The monoisotopic (exact) mass is 375 g/mol. The fraction of sp³-hybridized carbons (Fsp3) is 0.227. The smallest absolute Gasteiger partial charge is 0.237 e. The van der Waals surface area contributed by atoms with Crippen LogP contribution in [0.1, 0.15) is 17.5 Å². The molecule has 0 radical (unpaired) electrons. The van der Waals surface area contributed by atoms with Crippen molar-refractivity contribution in [2.24, 2.45) is 0 Å². The van der Waals surface area contributed by atoms with Crippen molar-refractivity contribution in [2.45, 2.75) is 25.3 Å². The Bertz CT molecular complexity index is 990. The largest absolute Gasteiger partial charge is 0.311 e. The van der Waals surface area contributed by atoms with Crippen molar-refractivity contribution in [3.05, 3.63) is 65.7 Å². The lowest BCUT2D eigenvalue weighted by Gasteiger charge is -2.22. The van der Waals surface area contributed by atoms with E-state index in [1.165, 1.54) is 11.8 Å². The number of carbonyl (C=O) groups is 1. The molecule has 0 aliphatic rings. The number of para-hydroxylation sites is 1. The number of hydrogen-bond acceptors (Lipinski definition) is 4. The molecule has 0 atom stereocenters. The molecule has 136 valence electrons. The number of nitrogens with zero attached hydrogens (tertiary/aromatic N) is 3. The Kier molecular flexibility index (Phi) is 6.10. The molecule has 0 N–H and O–H groups in total. The van der Waals surface area contributed by atoms with Gasteiger partial charge in [-0.05, 0) is 49.2 Å². The van der Waals surface area contributed by atoms with Crippen molar-refractivity contribution in [3.63, 3.8) is 0 Å². The molecule has 0 saturated heterocycles. The fourth-order valence-electron chi connectivity index (χ4n) is 3.01. The summed E-state index contributed by atoms with van der Waals surface area (Å²) in [6, 6.07) is 20.1. The minimum Gasteiger partial charge on any atom is -0.311 e. The highest BCUT2D eigenvalue weighted by Crippen LogP contribution is 2.23. The summed E-state index contributed by atoms with van der Waals surface area (Å²) < 4.78 is 0. The van der Waals surface area contributed by atoms with E-state index in [0.717, 1.165) is 32.7 Å². The molecule has 3 rings (SSSR count). The average Bonchev–Trinajstić information content (AvgIpc) is 2.65. The van der Waals surface area contributed by atoms with E-state index in [1.54, 1.807) is 4.90 Å². The standard InChI is InChI=1S/C22H21N3OS/c1-16-12-17(2)14-19(13-16)25(11-5-10-23)22(26)15-27-21-9-8-18-6-3-4-7-20(18)24-21/h3-4,6-9,12-14H,5,11,15H2,1-2H3. The van der Waals surface area contributed by atoms with Crippen LogP contribution in [0.3, 0.4) is 0 Å². The summed E-state index contributed by atoms with van der Waals surface area (Å²) in [5.41, 5.74) is 3.97. The van der Waals surface area contributed by atoms with E-state index in [2.05, 4.69) is 17.1 Å². The summed E-state index contributed by atoms with van der Waals surface area (Å²) in [4.78, 5) is 19.2. The van der Waals surface area contributed by atoms with Gasteiger partial charge in [0.05, 0.1) is 28.8 Å². The molecule has 1 amide bonds. The highest BCUT2D eigenvalue weighted by molar-refractivity contribution is 7.99. The first kappa shape index (κ1) is 18.9. The molecule has 0 bridgehead atoms. The molecule has 0 saturated carbocycles. The van der Waals surface area contributed by atoms with E-state index >= 15 is 0 Å². The van der Waals surface area contributed by atoms with Crippen molar-refractivity contribution >= 4 is 34.3 Å². The zero-order valence-electron chi connectivity index (χ0n) is 15.5. The second-order valence-electron chi connectivity index (χ2n) is 6.43. The SMILES string of the molecule is Cc1cc(C)cc(N(CCC#N)C(=O)CSc2ccc3ccccc3n2)c1. The quantitative estimate of drug-likeness (QED) is 0.576. The number of rotatable bonds is 6. The lowest BCUT2D eigenvalue weighted by atomic mass is 10.1. The Morgan fingerprint density at radius 3 is 2.59 bits per heavy atom. The van der Waals surface area contributed by atoms with Crippen molar-refractivity contribution in [1.82, 2.24) is 4.98 Å². The fourth-order valence-corrected chi connectivity index (χ4v) is 3.76. The van der Waals surface area contributed by atoms with Gasteiger partial charge in [0, 0.05) is 17.6 Å². The number of nitriles is 1. The number of amides is 1. The highest BCUT2D eigenvalue weighted by atomic mass is 32.2. The van der Waals surface area contributed by atoms with E-state index in [0.29, 0.717) is 13.0 Å². The summed E-state index contributed by atoms with van der Waals surface area (Å²) in [7, 11) is 0. The predicted octanol–water partition coefficient (Wildman–Crippen LogP) is 4.89. The van der Waals surface area contributed by atoms with Crippen LogP contribution in [0.2, 0.25) is 0 Å². The minimum absolute atomic E-state index is 0.0183. The van der Waals surface area contributed by atoms with Gasteiger partial charge in [-0.1, -0.05) is 42.1 Å². The van der Waals surface area contributed by atoms with Crippen LogP contribution in [0.5, 0.6) is 0 Å². The van der Waals surface area contributed by atoms with Crippen molar-refractivity contribution < 1.29 is 4.79 Å². The first-order chi connectivity index (χ1) is 13.1. The highest BCUT2D eigenvalue weighted by Gasteiger charge is 2.17. The summed E-state index contributed by atoms with van der Waals surface area (Å²) >= 11 is 1.42. The molecule has 5 heteroatoms. The van der Waals surface area contributed by atoms with Gasteiger partial charge in [0.15, 0.2) is 0 Å². The molecule has 2 aromatic carbocycles. The molecule has 0 aliphatic carbocycles. The topological polar surface area (TPSA) is 57.0 Å².